The summed E-state index contributed by atoms with van der Waals surface area (Å²) in [7, 11) is 0. The molecule has 1 aliphatic carbocycles. The number of ether oxygens (including phenoxy) is 2. The lowest BCUT2D eigenvalue weighted by Gasteiger charge is -2.48. The first-order valence-electron chi connectivity index (χ1n) is 8.85. The van der Waals surface area contributed by atoms with Crippen molar-refractivity contribution < 1.29 is 14.3 Å². The Balaban J connectivity index is 1.57. The van der Waals surface area contributed by atoms with E-state index in [0.29, 0.717) is 5.92 Å². The minimum atomic E-state index is -0.485. The lowest BCUT2D eigenvalue weighted by molar-refractivity contribution is -0.0344. The van der Waals surface area contributed by atoms with E-state index in [4.69, 9.17) is 9.47 Å². The van der Waals surface area contributed by atoms with Gasteiger partial charge in [-0.1, -0.05) is 12.1 Å². The molecular weight excluding hydrogens is 336 g/mol. The first-order chi connectivity index (χ1) is 11.9. The van der Waals surface area contributed by atoms with Crippen LogP contribution in [0.4, 0.5) is 4.79 Å². The van der Waals surface area contributed by atoms with Gasteiger partial charge in [0.05, 0.1) is 18.2 Å². The summed E-state index contributed by atoms with van der Waals surface area (Å²) < 4.78 is 11.3. The Bertz CT molecular complexity index is 600. The zero-order valence-corrected chi connectivity index (χ0v) is 16.2. The minimum absolute atomic E-state index is 0.0628. The van der Waals surface area contributed by atoms with Gasteiger partial charge in [0.25, 0.3) is 0 Å². The molecule has 2 fully saturated rings. The maximum atomic E-state index is 12.1. The molecule has 138 valence electrons. The summed E-state index contributed by atoms with van der Waals surface area (Å²) in [5.74, 6) is 0.379. The van der Waals surface area contributed by atoms with Crippen LogP contribution in [0.3, 0.4) is 0 Å². The molecule has 0 aromatic heterocycles. The zero-order valence-electron chi connectivity index (χ0n) is 15.4. The van der Waals surface area contributed by atoms with E-state index in [1.165, 1.54) is 10.5 Å². The van der Waals surface area contributed by atoms with E-state index < -0.39 is 5.60 Å². The number of benzene rings is 1. The number of carbonyl (C=O) groups is 1. The Labute approximate surface area is 154 Å². The summed E-state index contributed by atoms with van der Waals surface area (Å²) in [6.45, 7) is 7.16. The maximum absolute atomic E-state index is 12.1. The second kappa shape index (κ2) is 7.56. The Kier molecular flexibility index (Phi) is 5.61. The second-order valence-corrected chi connectivity index (χ2v) is 8.59. The van der Waals surface area contributed by atoms with E-state index in [2.05, 4.69) is 41.2 Å². The van der Waals surface area contributed by atoms with Gasteiger partial charge in [-0.2, -0.15) is 0 Å². The number of fused-ring (bicyclic) bond motifs is 1. The number of hydrogen-bond donors (Lipinski definition) is 2. The average molecular weight is 365 g/mol. The summed E-state index contributed by atoms with van der Waals surface area (Å²) in [4.78, 5) is 13.4. The molecule has 0 radical (unpaired) electrons. The van der Waals surface area contributed by atoms with E-state index in [1.54, 1.807) is 11.8 Å². The van der Waals surface area contributed by atoms with Crippen molar-refractivity contribution in [3.05, 3.63) is 29.8 Å². The van der Waals surface area contributed by atoms with E-state index in [-0.39, 0.29) is 24.3 Å². The first kappa shape index (κ1) is 18.5. The fraction of sp³-hybridized carbons (Fsp3) is 0.632. The third-order valence-corrected chi connectivity index (χ3v) is 5.51. The Hall–Kier alpha value is -1.24. The van der Waals surface area contributed by atoms with Crippen molar-refractivity contribution in [2.45, 2.75) is 62.4 Å². The van der Waals surface area contributed by atoms with Crippen LogP contribution in [-0.4, -0.2) is 42.7 Å². The molecule has 1 saturated carbocycles. The van der Waals surface area contributed by atoms with Crippen molar-refractivity contribution in [2.75, 3.05) is 12.9 Å². The zero-order chi connectivity index (χ0) is 18.0. The fourth-order valence-electron chi connectivity index (χ4n) is 3.57. The van der Waals surface area contributed by atoms with Crippen molar-refractivity contribution in [3.63, 3.8) is 0 Å². The average Bonchev–Trinajstić information content (AvgIpc) is 2.96. The number of hydrogen-bond acceptors (Lipinski definition) is 5. The molecule has 1 aliphatic heterocycles. The van der Waals surface area contributed by atoms with Gasteiger partial charge in [0, 0.05) is 24.0 Å². The molecule has 1 saturated heterocycles. The molecule has 4 unspecified atom stereocenters. The van der Waals surface area contributed by atoms with Crippen molar-refractivity contribution in [1.29, 1.82) is 0 Å². The lowest BCUT2D eigenvalue weighted by atomic mass is 9.71. The van der Waals surface area contributed by atoms with Crippen LogP contribution in [0, 0.1) is 5.92 Å². The third kappa shape index (κ3) is 4.49. The SMILES string of the molecule is CSc1ccc(CNC2C(NC(=O)OC(C)(C)C)C3CCOC32)cc1. The predicted octanol–water partition coefficient (Wildman–Crippen LogP) is 3.18. The van der Waals surface area contributed by atoms with Crippen LogP contribution < -0.4 is 10.6 Å². The van der Waals surface area contributed by atoms with Crippen LogP contribution in [0.15, 0.2) is 29.2 Å². The number of amides is 1. The number of alkyl carbamates (subject to hydrolysis) is 1. The molecule has 1 aromatic rings. The standard InChI is InChI=1S/C19H28N2O3S/c1-19(2,3)24-18(22)21-15-14-9-10-23-17(14)16(15)20-11-12-5-7-13(25-4)8-6-12/h5-8,14-17,20H,9-11H2,1-4H3,(H,21,22). The molecule has 2 aliphatic rings. The first-order valence-corrected chi connectivity index (χ1v) is 10.1. The van der Waals surface area contributed by atoms with Crippen LogP contribution >= 0.6 is 11.8 Å². The molecule has 3 rings (SSSR count). The van der Waals surface area contributed by atoms with E-state index in [0.717, 1.165) is 19.6 Å². The molecular formula is C19H28N2O3S. The Morgan fingerprint density at radius 1 is 1.28 bits per heavy atom. The van der Waals surface area contributed by atoms with Gasteiger partial charge in [-0.15, -0.1) is 11.8 Å². The molecule has 6 heteroatoms. The largest absolute Gasteiger partial charge is 0.444 e. The Morgan fingerprint density at radius 2 is 2.00 bits per heavy atom. The summed E-state index contributed by atoms with van der Waals surface area (Å²) in [5.41, 5.74) is 0.747. The van der Waals surface area contributed by atoms with Crippen LogP contribution in [0.25, 0.3) is 0 Å². The predicted molar refractivity (Wildman–Crippen MR) is 99.9 cm³/mol. The topological polar surface area (TPSA) is 59.6 Å². The van der Waals surface area contributed by atoms with Gasteiger partial charge in [-0.3, -0.25) is 0 Å². The van der Waals surface area contributed by atoms with Crippen molar-refractivity contribution in [2.24, 2.45) is 5.92 Å². The molecule has 5 nitrogen and oxygen atoms in total. The van der Waals surface area contributed by atoms with Gasteiger partial charge in [0.15, 0.2) is 0 Å². The van der Waals surface area contributed by atoms with Crippen LogP contribution in [0.2, 0.25) is 0 Å². The quantitative estimate of drug-likeness (QED) is 0.786. The smallest absolute Gasteiger partial charge is 0.407 e. The fourth-order valence-corrected chi connectivity index (χ4v) is 3.98. The van der Waals surface area contributed by atoms with Gasteiger partial charge < -0.3 is 20.1 Å². The highest BCUT2D eigenvalue weighted by Crippen LogP contribution is 2.39. The van der Waals surface area contributed by atoms with Crippen LogP contribution in [0.5, 0.6) is 0 Å². The van der Waals surface area contributed by atoms with E-state index >= 15 is 0 Å². The van der Waals surface area contributed by atoms with E-state index in [1.807, 2.05) is 20.8 Å². The van der Waals surface area contributed by atoms with Gasteiger partial charge >= 0.3 is 6.09 Å². The van der Waals surface area contributed by atoms with Gasteiger partial charge in [-0.25, -0.2) is 4.79 Å². The van der Waals surface area contributed by atoms with Crippen molar-refractivity contribution >= 4 is 17.9 Å². The summed E-state index contributed by atoms with van der Waals surface area (Å²) >= 11 is 1.74. The number of thioether (sulfide) groups is 1. The Morgan fingerprint density at radius 3 is 2.64 bits per heavy atom. The molecule has 1 heterocycles. The number of carbonyl (C=O) groups excluding carboxylic acids is 1. The normalized spacial score (nSPS) is 28.2. The van der Waals surface area contributed by atoms with Gasteiger partial charge in [0.1, 0.15) is 5.60 Å². The van der Waals surface area contributed by atoms with Gasteiger partial charge in [-0.05, 0) is 51.1 Å². The highest BCUT2D eigenvalue weighted by molar-refractivity contribution is 7.98. The van der Waals surface area contributed by atoms with Crippen LogP contribution in [-0.2, 0) is 16.0 Å². The molecule has 1 aromatic carbocycles. The van der Waals surface area contributed by atoms with Gasteiger partial charge in [0.2, 0.25) is 0 Å². The number of nitrogens with one attached hydrogen (secondary N) is 2. The van der Waals surface area contributed by atoms with Crippen molar-refractivity contribution in [3.8, 4) is 0 Å². The molecule has 2 N–H and O–H groups in total. The molecule has 0 spiro atoms. The summed E-state index contributed by atoms with van der Waals surface area (Å²) in [6.07, 6.45) is 2.90. The highest BCUT2D eigenvalue weighted by Gasteiger charge is 2.54. The highest BCUT2D eigenvalue weighted by atomic mass is 32.2. The molecule has 25 heavy (non-hydrogen) atoms. The van der Waals surface area contributed by atoms with Crippen LogP contribution in [0.1, 0.15) is 32.8 Å². The second-order valence-electron chi connectivity index (χ2n) is 7.71. The summed E-state index contributed by atoms with van der Waals surface area (Å²) in [5, 5.41) is 6.60. The maximum Gasteiger partial charge on any atom is 0.407 e. The van der Waals surface area contributed by atoms with E-state index in [9.17, 15) is 4.79 Å². The molecule has 0 bridgehead atoms. The summed E-state index contributed by atoms with van der Waals surface area (Å²) in [6, 6.07) is 8.73. The monoisotopic (exact) mass is 364 g/mol. The molecule has 1 amide bonds. The van der Waals surface area contributed by atoms with Crippen molar-refractivity contribution in [1.82, 2.24) is 10.6 Å². The minimum Gasteiger partial charge on any atom is -0.444 e. The third-order valence-electron chi connectivity index (χ3n) is 4.77. The molecule has 4 atom stereocenters. The lowest BCUT2D eigenvalue weighted by Crippen LogP contribution is -2.70. The number of rotatable bonds is 5.